The number of carbonyl (C=O) groups is 1. The van der Waals surface area contributed by atoms with E-state index in [0.29, 0.717) is 18.6 Å². The van der Waals surface area contributed by atoms with Gasteiger partial charge in [0.25, 0.3) is 5.56 Å². The van der Waals surface area contributed by atoms with Crippen LogP contribution in [0.5, 0.6) is 0 Å². The van der Waals surface area contributed by atoms with Crippen molar-refractivity contribution in [3.05, 3.63) is 75.7 Å². The lowest BCUT2D eigenvalue weighted by atomic mass is 10.2. The van der Waals surface area contributed by atoms with Crippen LogP contribution in [0.1, 0.15) is 6.42 Å². The Morgan fingerprint density at radius 2 is 1.65 bits per heavy atom. The molecule has 2 aromatic carbocycles. The van der Waals surface area contributed by atoms with Crippen molar-refractivity contribution in [2.45, 2.75) is 22.8 Å². The van der Waals surface area contributed by atoms with Crippen molar-refractivity contribution in [3.63, 3.8) is 0 Å². The molecule has 1 aliphatic rings. The zero-order valence-electron chi connectivity index (χ0n) is 18.9. The predicted octanol–water partition coefficient (Wildman–Crippen LogP) is 2.24. The van der Waals surface area contributed by atoms with Crippen LogP contribution in [-0.4, -0.2) is 37.7 Å². The van der Waals surface area contributed by atoms with Gasteiger partial charge in [0, 0.05) is 37.0 Å². The Bertz CT molecular complexity index is 1470. The van der Waals surface area contributed by atoms with E-state index in [1.807, 2.05) is 24.3 Å². The van der Waals surface area contributed by atoms with E-state index in [2.05, 4.69) is 39.5 Å². The molecule has 3 heterocycles. The van der Waals surface area contributed by atoms with Gasteiger partial charge < -0.3 is 14.8 Å². The van der Waals surface area contributed by atoms with Crippen LogP contribution in [0.3, 0.4) is 0 Å². The molecule has 0 bridgehead atoms. The molecule has 0 spiro atoms. The third kappa shape index (κ3) is 3.79. The topological polar surface area (TPSA) is 94.2 Å². The van der Waals surface area contributed by atoms with Crippen LogP contribution >= 0.6 is 11.8 Å². The molecule has 0 atom stereocenters. The molecule has 0 saturated heterocycles. The molecule has 0 unspecified atom stereocenters. The summed E-state index contributed by atoms with van der Waals surface area (Å²) in [6.07, 6.45) is 2.18. The summed E-state index contributed by atoms with van der Waals surface area (Å²) in [5.74, 6) is -0.379. The van der Waals surface area contributed by atoms with Crippen LogP contribution in [-0.2, 0) is 25.4 Å². The highest BCUT2D eigenvalue weighted by Gasteiger charge is 2.22. The Morgan fingerprint density at radius 1 is 1.00 bits per heavy atom. The third-order valence-electron chi connectivity index (χ3n) is 5.92. The lowest BCUT2D eigenvalue weighted by Crippen LogP contribution is -2.43. The fourth-order valence-corrected chi connectivity index (χ4v) is 5.32. The number of fused-ring (bicyclic) bond motifs is 3. The minimum Gasteiger partial charge on any atom is -0.354 e. The van der Waals surface area contributed by atoms with E-state index in [1.165, 1.54) is 27.7 Å². The van der Waals surface area contributed by atoms with Crippen molar-refractivity contribution in [2.24, 2.45) is 14.1 Å². The van der Waals surface area contributed by atoms with Crippen LogP contribution < -0.4 is 21.5 Å². The summed E-state index contributed by atoms with van der Waals surface area (Å²) in [5, 5.41) is 2.85. The van der Waals surface area contributed by atoms with Crippen LogP contribution in [0.4, 0.5) is 11.4 Å². The fraction of sp³-hybridized carbons (Fsp3) is 0.250. The maximum absolute atomic E-state index is 12.8. The van der Waals surface area contributed by atoms with Crippen LogP contribution in [0.2, 0.25) is 0 Å². The third-order valence-corrected chi connectivity index (χ3v) is 7.05. The summed E-state index contributed by atoms with van der Waals surface area (Å²) >= 11 is 1.76. The summed E-state index contributed by atoms with van der Waals surface area (Å²) in [6, 6.07) is 16.6. The maximum Gasteiger partial charge on any atom is 0.332 e. The number of anilines is 2. The van der Waals surface area contributed by atoms with Crippen LogP contribution in [0, 0.1) is 0 Å². The first-order valence-electron chi connectivity index (χ1n) is 11.0. The molecule has 0 saturated carbocycles. The number of hydrogen-bond acceptors (Lipinski definition) is 6. The molecule has 10 heteroatoms. The van der Waals surface area contributed by atoms with Gasteiger partial charge in [-0.1, -0.05) is 36.0 Å². The van der Waals surface area contributed by atoms with Gasteiger partial charge in [-0.3, -0.25) is 14.2 Å². The van der Waals surface area contributed by atoms with Crippen molar-refractivity contribution in [3.8, 4) is 0 Å². The maximum atomic E-state index is 12.8. The van der Waals surface area contributed by atoms with Gasteiger partial charge in [-0.05, 0) is 30.7 Å². The second-order valence-electron chi connectivity index (χ2n) is 8.15. The van der Waals surface area contributed by atoms with Gasteiger partial charge in [0.15, 0.2) is 11.2 Å². The lowest BCUT2D eigenvalue weighted by molar-refractivity contribution is -0.121. The Labute approximate surface area is 199 Å². The smallest absolute Gasteiger partial charge is 0.332 e. The van der Waals surface area contributed by atoms with E-state index < -0.39 is 11.2 Å². The molecule has 174 valence electrons. The van der Waals surface area contributed by atoms with Gasteiger partial charge >= 0.3 is 5.69 Å². The lowest BCUT2D eigenvalue weighted by Gasteiger charge is -2.32. The van der Waals surface area contributed by atoms with Crippen LogP contribution in [0.15, 0.2) is 74.2 Å². The normalized spacial score (nSPS) is 12.5. The molecule has 0 aliphatic carbocycles. The van der Waals surface area contributed by atoms with Gasteiger partial charge in [-0.2, -0.15) is 0 Å². The molecular formula is C24H24N6O3S. The second-order valence-corrected chi connectivity index (χ2v) is 9.24. The monoisotopic (exact) mass is 476 g/mol. The number of aromatic nitrogens is 4. The minimum atomic E-state index is -0.564. The van der Waals surface area contributed by atoms with Crippen molar-refractivity contribution in [1.82, 2.24) is 24.0 Å². The number of aryl methyl sites for hydroxylation is 2. The largest absolute Gasteiger partial charge is 0.354 e. The predicted molar refractivity (Wildman–Crippen MR) is 132 cm³/mol. The Morgan fingerprint density at radius 3 is 2.32 bits per heavy atom. The SMILES string of the molecule is Cn1cnc2c1c(=O)n(CC(=O)NCCCN1c3ccccc3Sc3ccccc31)c(=O)n2C. The quantitative estimate of drug-likeness (QED) is 0.429. The number of amides is 1. The number of benzene rings is 2. The van der Waals surface area contributed by atoms with E-state index in [-0.39, 0.29) is 18.0 Å². The van der Waals surface area contributed by atoms with E-state index in [1.54, 1.807) is 23.4 Å². The first-order chi connectivity index (χ1) is 16.5. The van der Waals surface area contributed by atoms with Gasteiger partial charge in [0.2, 0.25) is 5.91 Å². The van der Waals surface area contributed by atoms with E-state index >= 15 is 0 Å². The summed E-state index contributed by atoms with van der Waals surface area (Å²) < 4.78 is 3.79. The van der Waals surface area contributed by atoms with Gasteiger partial charge in [0.05, 0.1) is 17.7 Å². The Balaban J connectivity index is 1.26. The molecule has 34 heavy (non-hydrogen) atoms. The molecule has 0 fully saturated rings. The van der Waals surface area contributed by atoms with Crippen LogP contribution in [0.25, 0.3) is 11.2 Å². The minimum absolute atomic E-state index is 0.287. The highest BCUT2D eigenvalue weighted by atomic mass is 32.2. The highest BCUT2D eigenvalue weighted by molar-refractivity contribution is 7.99. The molecule has 1 amide bonds. The van der Waals surface area contributed by atoms with Crippen molar-refractivity contribution in [2.75, 3.05) is 18.0 Å². The van der Waals surface area contributed by atoms with E-state index in [9.17, 15) is 14.4 Å². The Hall–Kier alpha value is -3.79. The number of nitrogens with one attached hydrogen (secondary N) is 1. The zero-order valence-corrected chi connectivity index (χ0v) is 19.7. The standard InChI is InChI=1S/C24H24N6O3S/c1-27-15-26-22-21(27)23(32)30(24(33)28(22)2)14-20(31)25-12-7-13-29-16-8-3-5-10-18(16)34-19-11-6-4-9-17(19)29/h3-6,8-11,15H,7,12-14H2,1-2H3,(H,25,31). The van der Waals surface area contributed by atoms with E-state index in [0.717, 1.165) is 22.5 Å². The molecule has 5 rings (SSSR count). The summed E-state index contributed by atoms with van der Waals surface area (Å²) in [5.41, 5.74) is 1.80. The van der Waals surface area contributed by atoms with Gasteiger partial charge in [-0.25, -0.2) is 14.3 Å². The number of nitrogens with zero attached hydrogens (tertiary/aromatic N) is 5. The highest BCUT2D eigenvalue weighted by Crippen LogP contribution is 2.47. The van der Waals surface area contributed by atoms with Crippen molar-refractivity contribution >= 4 is 40.2 Å². The van der Waals surface area contributed by atoms with Gasteiger partial charge in [0.1, 0.15) is 6.54 Å². The number of rotatable bonds is 6. The fourth-order valence-electron chi connectivity index (χ4n) is 4.22. The molecule has 4 aromatic rings. The molecule has 2 aromatic heterocycles. The Kier molecular flexibility index (Phi) is 5.74. The summed E-state index contributed by atoms with van der Waals surface area (Å²) in [6.45, 7) is 0.812. The number of hydrogen-bond donors (Lipinski definition) is 1. The molecule has 1 N–H and O–H groups in total. The molecule has 1 aliphatic heterocycles. The second kappa shape index (κ2) is 8.86. The number of carbonyl (C=O) groups excluding carboxylic acids is 1. The van der Waals surface area contributed by atoms with E-state index in [4.69, 9.17) is 0 Å². The molecule has 0 radical (unpaired) electrons. The molecule has 9 nitrogen and oxygen atoms in total. The average molecular weight is 477 g/mol. The first-order valence-corrected chi connectivity index (χ1v) is 11.8. The number of para-hydroxylation sites is 2. The average Bonchev–Trinajstić information content (AvgIpc) is 3.24. The molecular weight excluding hydrogens is 452 g/mol. The number of imidazole rings is 1. The van der Waals surface area contributed by atoms with Crippen molar-refractivity contribution < 1.29 is 4.79 Å². The summed E-state index contributed by atoms with van der Waals surface area (Å²) in [7, 11) is 3.22. The van der Waals surface area contributed by atoms with Gasteiger partial charge in [-0.15, -0.1) is 0 Å². The zero-order chi connectivity index (χ0) is 23.8. The summed E-state index contributed by atoms with van der Waals surface area (Å²) in [4.78, 5) is 46.7. The van der Waals surface area contributed by atoms with Crippen molar-refractivity contribution in [1.29, 1.82) is 0 Å². The first kappa shape index (κ1) is 22.0.